The number of anilines is 1. The number of carbonyl (C=O) groups is 1. The Labute approximate surface area is 204 Å². The highest BCUT2D eigenvalue weighted by Gasteiger charge is 2.32. The van der Waals surface area contributed by atoms with Crippen LogP contribution in [0.15, 0.2) is 65.6 Å². The lowest BCUT2D eigenvalue weighted by Gasteiger charge is -2.24. The minimum absolute atomic E-state index is 0.0532. The third-order valence-electron chi connectivity index (χ3n) is 6.31. The average molecular weight is 495 g/mol. The van der Waals surface area contributed by atoms with Crippen LogP contribution >= 0.6 is 0 Å². The van der Waals surface area contributed by atoms with E-state index in [1.807, 2.05) is 43.3 Å². The van der Waals surface area contributed by atoms with E-state index in [2.05, 4.69) is 0 Å². The molecule has 3 aromatic carbocycles. The second-order valence-corrected chi connectivity index (χ2v) is 10.2. The van der Waals surface area contributed by atoms with E-state index >= 15 is 0 Å². The summed E-state index contributed by atoms with van der Waals surface area (Å²) < 4.78 is 44.7. The number of methoxy groups -OCH3 is 1. The predicted octanol–water partition coefficient (Wildman–Crippen LogP) is 3.84. The molecule has 182 valence electrons. The van der Waals surface area contributed by atoms with Crippen LogP contribution in [0.1, 0.15) is 28.4 Å². The quantitative estimate of drug-likeness (QED) is 0.496. The van der Waals surface area contributed by atoms with Crippen LogP contribution in [0.5, 0.6) is 17.2 Å². The smallest absolute Gasteiger partial charge is 0.264 e. The molecule has 0 saturated carbocycles. The molecule has 0 bridgehead atoms. The number of rotatable bonds is 7. The molecular formula is C26H26N2O6S. The van der Waals surface area contributed by atoms with E-state index in [9.17, 15) is 13.2 Å². The fourth-order valence-corrected chi connectivity index (χ4v) is 5.99. The number of nitrogens with zero attached hydrogens (tertiary/aromatic N) is 2. The lowest BCUT2D eigenvalue weighted by atomic mass is 10.1. The Kier molecular flexibility index (Phi) is 6.02. The van der Waals surface area contributed by atoms with Crippen LogP contribution in [0.3, 0.4) is 0 Å². The zero-order valence-corrected chi connectivity index (χ0v) is 20.4. The van der Waals surface area contributed by atoms with Crippen LogP contribution < -0.4 is 18.5 Å². The van der Waals surface area contributed by atoms with Crippen LogP contribution in [0, 0.1) is 0 Å². The first-order chi connectivity index (χ1) is 16.9. The minimum atomic E-state index is -3.85. The van der Waals surface area contributed by atoms with Crippen molar-refractivity contribution in [3.63, 3.8) is 0 Å². The summed E-state index contributed by atoms with van der Waals surface area (Å²) in [6.07, 6.45) is 0.649. The van der Waals surface area contributed by atoms with Gasteiger partial charge in [0, 0.05) is 19.6 Å². The standard InChI is InChI=1S/C26H26N2O6S/c1-3-27(16-18-8-10-24-25(14-18)34-17-33-24)26(29)21-15-20(9-11-23(21)32-2)35(30,31)28-13-12-19-6-4-5-7-22(19)28/h4-11,14-15H,3,12-13,16-17H2,1-2H3. The number of para-hydroxylation sites is 1. The molecule has 0 unspecified atom stereocenters. The van der Waals surface area contributed by atoms with Crippen LogP contribution in [-0.2, 0) is 23.0 Å². The molecular weight excluding hydrogens is 468 g/mol. The molecule has 0 atom stereocenters. The molecule has 8 nitrogen and oxygen atoms in total. The Morgan fingerprint density at radius 3 is 2.66 bits per heavy atom. The molecule has 9 heteroatoms. The van der Waals surface area contributed by atoms with Crippen LogP contribution in [0.4, 0.5) is 5.69 Å². The maximum Gasteiger partial charge on any atom is 0.264 e. The van der Waals surface area contributed by atoms with Gasteiger partial charge >= 0.3 is 0 Å². The van der Waals surface area contributed by atoms with E-state index in [4.69, 9.17) is 14.2 Å². The molecule has 0 aromatic heterocycles. The Hall–Kier alpha value is -3.72. The summed E-state index contributed by atoms with van der Waals surface area (Å²) in [6.45, 7) is 3.16. The van der Waals surface area contributed by atoms with Gasteiger partial charge in [0.15, 0.2) is 11.5 Å². The van der Waals surface area contributed by atoms with Crippen molar-refractivity contribution in [1.29, 1.82) is 0 Å². The van der Waals surface area contributed by atoms with Gasteiger partial charge < -0.3 is 19.1 Å². The molecule has 0 N–H and O–H groups in total. The van der Waals surface area contributed by atoms with Crippen LogP contribution in [0.2, 0.25) is 0 Å². The Bertz CT molecular complexity index is 1390. The highest BCUT2D eigenvalue weighted by molar-refractivity contribution is 7.92. The number of ether oxygens (including phenoxy) is 3. The lowest BCUT2D eigenvalue weighted by molar-refractivity contribution is 0.0748. The molecule has 5 rings (SSSR count). The number of amides is 1. The number of hydrogen-bond donors (Lipinski definition) is 0. The largest absolute Gasteiger partial charge is 0.496 e. The average Bonchev–Trinajstić information content (AvgIpc) is 3.53. The number of carbonyl (C=O) groups excluding carboxylic acids is 1. The highest BCUT2D eigenvalue weighted by Crippen LogP contribution is 2.35. The SMILES string of the molecule is CCN(Cc1ccc2c(c1)OCO2)C(=O)c1cc(S(=O)(=O)N2CCc3ccccc32)ccc1OC. The third kappa shape index (κ3) is 4.16. The Morgan fingerprint density at radius 2 is 1.86 bits per heavy atom. The van der Waals surface area contributed by atoms with Gasteiger partial charge in [0.2, 0.25) is 6.79 Å². The number of hydrogen-bond acceptors (Lipinski definition) is 6. The molecule has 3 aromatic rings. The number of fused-ring (bicyclic) bond motifs is 2. The fourth-order valence-electron chi connectivity index (χ4n) is 4.46. The molecule has 2 aliphatic rings. The van der Waals surface area contributed by atoms with E-state index < -0.39 is 10.0 Å². The van der Waals surface area contributed by atoms with Gasteiger partial charge in [0.25, 0.3) is 15.9 Å². The van der Waals surface area contributed by atoms with Crippen molar-refractivity contribution in [2.75, 3.05) is 31.3 Å². The second-order valence-electron chi connectivity index (χ2n) is 8.32. The maximum atomic E-state index is 13.6. The summed E-state index contributed by atoms with van der Waals surface area (Å²) >= 11 is 0. The summed E-state index contributed by atoms with van der Waals surface area (Å²) in [5.74, 6) is 1.31. The van der Waals surface area contributed by atoms with Gasteiger partial charge in [-0.3, -0.25) is 9.10 Å². The van der Waals surface area contributed by atoms with E-state index in [1.165, 1.54) is 29.6 Å². The van der Waals surface area contributed by atoms with E-state index in [-0.39, 0.29) is 23.2 Å². The zero-order valence-electron chi connectivity index (χ0n) is 19.6. The number of benzene rings is 3. The molecule has 2 heterocycles. The van der Waals surface area contributed by atoms with Gasteiger partial charge in [0.05, 0.1) is 23.3 Å². The van der Waals surface area contributed by atoms with Gasteiger partial charge in [0.1, 0.15) is 5.75 Å². The predicted molar refractivity (Wildman–Crippen MR) is 131 cm³/mol. The summed E-state index contributed by atoms with van der Waals surface area (Å²) in [5.41, 5.74) is 2.74. The first-order valence-electron chi connectivity index (χ1n) is 11.4. The summed E-state index contributed by atoms with van der Waals surface area (Å²) in [5, 5.41) is 0. The fraction of sp³-hybridized carbons (Fsp3) is 0.269. The highest BCUT2D eigenvalue weighted by atomic mass is 32.2. The van der Waals surface area contributed by atoms with Gasteiger partial charge in [-0.1, -0.05) is 24.3 Å². The molecule has 2 aliphatic heterocycles. The molecule has 0 radical (unpaired) electrons. The first-order valence-corrected chi connectivity index (χ1v) is 12.8. The molecule has 0 fully saturated rings. The summed E-state index contributed by atoms with van der Waals surface area (Å²) in [6, 6.07) is 17.5. The maximum absolute atomic E-state index is 13.6. The van der Waals surface area contributed by atoms with Crippen molar-refractivity contribution in [2.45, 2.75) is 24.8 Å². The van der Waals surface area contributed by atoms with Crippen molar-refractivity contribution >= 4 is 21.6 Å². The van der Waals surface area contributed by atoms with Gasteiger partial charge in [-0.2, -0.15) is 0 Å². The lowest BCUT2D eigenvalue weighted by Crippen LogP contribution is -2.32. The van der Waals surface area contributed by atoms with Crippen molar-refractivity contribution < 1.29 is 27.4 Å². The van der Waals surface area contributed by atoms with E-state index in [0.29, 0.717) is 49.0 Å². The van der Waals surface area contributed by atoms with Crippen LogP contribution in [-0.4, -0.2) is 46.2 Å². The monoisotopic (exact) mass is 494 g/mol. The number of sulfonamides is 1. The van der Waals surface area contributed by atoms with E-state index in [0.717, 1.165) is 11.1 Å². The van der Waals surface area contributed by atoms with Crippen molar-refractivity contribution in [2.24, 2.45) is 0 Å². The van der Waals surface area contributed by atoms with Crippen molar-refractivity contribution in [3.8, 4) is 17.2 Å². The van der Waals surface area contributed by atoms with E-state index in [1.54, 1.807) is 11.0 Å². The molecule has 1 amide bonds. The Balaban J connectivity index is 1.45. The zero-order chi connectivity index (χ0) is 24.6. The van der Waals surface area contributed by atoms with Crippen molar-refractivity contribution in [3.05, 3.63) is 77.4 Å². The summed E-state index contributed by atoms with van der Waals surface area (Å²) in [7, 11) is -2.39. The van der Waals surface area contributed by atoms with Gasteiger partial charge in [-0.15, -0.1) is 0 Å². The minimum Gasteiger partial charge on any atom is -0.496 e. The Morgan fingerprint density at radius 1 is 1.06 bits per heavy atom. The molecule has 0 saturated heterocycles. The topological polar surface area (TPSA) is 85.4 Å². The molecule has 35 heavy (non-hydrogen) atoms. The molecule has 0 spiro atoms. The van der Waals surface area contributed by atoms with Crippen molar-refractivity contribution in [1.82, 2.24) is 4.90 Å². The van der Waals surface area contributed by atoms with Gasteiger partial charge in [-0.05, 0) is 60.9 Å². The third-order valence-corrected chi connectivity index (χ3v) is 8.12. The molecule has 0 aliphatic carbocycles. The van der Waals surface area contributed by atoms with Gasteiger partial charge in [-0.25, -0.2) is 8.42 Å². The second kappa shape index (κ2) is 9.14. The van der Waals surface area contributed by atoms with Crippen LogP contribution in [0.25, 0.3) is 0 Å². The first kappa shape index (κ1) is 23.0. The summed E-state index contributed by atoms with van der Waals surface area (Å²) in [4.78, 5) is 15.3. The normalized spacial score (nSPS) is 14.1.